The van der Waals surface area contributed by atoms with Gasteiger partial charge in [-0.15, -0.1) is 0 Å². The second-order valence-electron chi connectivity index (χ2n) is 6.74. The van der Waals surface area contributed by atoms with E-state index in [9.17, 15) is 13.2 Å². The number of hydrazone groups is 1. The van der Waals surface area contributed by atoms with Crippen LogP contribution in [0.4, 0.5) is 5.69 Å². The van der Waals surface area contributed by atoms with Crippen LogP contribution >= 0.6 is 0 Å². The molecule has 1 saturated heterocycles. The van der Waals surface area contributed by atoms with Gasteiger partial charge in [-0.25, -0.2) is 13.1 Å². The lowest BCUT2D eigenvalue weighted by Crippen LogP contribution is -2.49. The van der Waals surface area contributed by atoms with Gasteiger partial charge in [0.15, 0.2) is 0 Å². The summed E-state index contributed by atoms with van der Waals surface area (Å²) in [5.41, 5.74) is 2.70. The molecule has 1 amide bonds. The minimum atomic E-state index is -3.26. The van der Waals surface area contributed by atoms with Crippen molar-refractivity contribution in [2.24, 2.45) is 5.10 Å². The molecular formula is C17H24N4O3S. The maximum Gasteiger partial charge on any atom is 0.253 e. The van der Waals surface area contributed by atoms with Crippen molar-refractivity contribution in [1.29, 1.82) is 0 Å². The number of amides is 1. The molecule has 0 saturated carbocycles. The largest absolute Gasteiger partial charge is 0.337 e. The van der Waals surface area contributed by atoms with Crippen LogP contribution in [-0.4, -0.2) is 56.9 Å². The molecule has 1 fully saturated rings. The molecule has 1 unspecified atom stereocenters. The molecule has 0 bridgehead atoms. The molecule has 8 heteroatoms. The predicted molar refractivity (Wildman–Crippen MR) is 98.4 cm³/mol. The van der Waals surface area contributed by atoms with Crippen LogP contribution in [0.5, 0.6) is 0 Å². The summed E-state index contributed by atoms with van der Waals surface area (Å²) >= 11 is 0. The number of carbonyl (C=O) groups is 1. The van der Waals surface area contributed by atoms with E-state index in [1.807, 2.05) is 36.2 Å². The Hall–Kier alpha value is -1.93. The first-order chi connectivity index (χ1) is 11.8. The summed E-state index contributed by atoms with van der Waals surface area (Å²) in [5.74, 6) is -0.0624. The lowest BCUT2D eigenvalue weighted by Gasteiger charge is -2.32. The quantitative estimate of drug-likeness (QED) is 0.876. The van der Waals surface area contributed by atoms with Crippen LogP contribution in [0.3, 0.4) is 0 Å². The standard InChI is InChI=1S/C17H24N4O3S/c1-13-9-11-21(18-13)16-7-5-14(6-8-16)17(22)20-10-3-4-15(12-20)19-25(2,23)24/h5-8,15,19H,3-4,9-12H2,1-2H3. The molecule has 0 aliphatic carbocycles. The predicted octanol–water partition coefficient (Wildman–Crippen LogP) is 1.43. The molecule has 1 N–H and O–H groups in total. The first-order valence-corrected chi connectivity index (χ1v) is 10.4. The number of carbonyl (C=O) groups excluding carboxylic acids is 1. The Balaban J connectivity index is 1.66. The van der Waals surface area contributed by atoms with Gasteiger partial charge in [-0.3, -0.25) is 9.80 Å². The number of sulfonamides is 1. The number of rotatable bonds is 4. The van der Waals surface area contributed by atoms with Crippen LogP contribution in [0.15, 0.2) is 29.4 Å². The number of nitrogens with one attached hydrogen (secondary N) is 1. The van der Waals surface area contributed by atoms with E-state index in [1.165, 1.54) is 0 Å². The van der Waals surface area contributed by atoms with Crippen molar-refractivity contribution in [1.82, 2.24) is 9.62 Å². The summed E-state index contributed by atoms with van der Waals surface area (Å²) in [6.07, 6.45) is 3.65. The Labute approximate surface area is 148 Å². The third-order valence-corrected chi connectivity index (χ3v) is 5.24. The van der Waals surface area contributed by atoms with Crippen LogP contribution in [0, 0.1) is 0 Å². The van der Waals surface area contributed by atoms with Crippen LogP contribution in [0.1, 0.15) is 36.5 Å². The van der Waals surface area contributed by atoms with Gasteiger partial charge in [0.1, 0.15) is 0 Å². The molecule has 1 aromatic rings. The summed E-state index contributed by atoms with van der Waals surface area (Å²) in [6.45, 7) is 3.93. The number of anilines is 1. The number of nitrogens with zero attached hydrogens (tertiary/aromatic N) is 3. The third-order valence-electron chi connectivity index (χ3n) is 4.48. The van der Waals surface area contributed by atoms with Gasteiger partial charge in [0.25, 0.3) is 5.91 Å². The number of piperidine rings is 1. The van der Waals surface area contributed by atoms with Crippen molar-refractivity contribution in [2.45, 2.75) is 32.2 Å². The average molecular weight is 364 g/mol. The van der Waals surface area contributed by atoms with Gasteiger partial charge >= 0.3 is 0 Å². The van der Waals surface area contributed by atoms with Gasteiger partial charge in [0, 0.05) is 43.4 Å². The number of hydrogen-bond donors (Lipinski definition) is 1. The van der Waals surface area contributed by atoms with Crippen molar-refractivity contribution >= 4 is 27.3 Å². The smallest absolute Gasteiger partial charge is 0.253 e. The van der Waals surface area contributed by atoms with Gasteiger partial charge in [-0.1, -0.05) is 0 Å². The monoisotopic (exact) mass is 364 g/mol. The highest BCUT2D eigenvalue weighted by Gasteiger charge is 2.26. The Morgan fingerprint density at radius 3 is 2.56 bits per heavy atom. The second-order valence-corrected chi connectivity index (χ2v) is 8.52. The summed E-state index contributed by atoms with van der Waals surface area (Å²) in [5, 5.41) is 6.40. The lowest BCUT2D eigenvalue weighted by molar-refractivity contribution is 0.0703. The van der Waals surface area contributed by atoms with Gasteiger partial charge in [-0.05, 0) is 44.0 Å². The second kappa shape index (κ2) is 7.13. The number of hydrogen-bond acceptors (Lipinski definition) is 5. The molecule has 3 rings (SSSR count). The molecule has 7 nitrogen and oxygen atoms in total. The Bertz CT molecular complexity index is 774. The number of benzene rings is 1. The topological polar surface area (TPSA) is 82.1 Å². The molecule has 2 aliphatic heterocycles. The van der Waals surface area contributed by atoms with E-state index >= 15 is 0 Å². The highest BCUT2D eigenvalue weighted by molar-refractivity contribution is 7.88. The average Bonchev–Trinajstić information content (AvgIpc) is 2.99. The number of likely N-dealkylation sites (tertiary alicyclic amines) is 1. The lowest BCUT2D eigenvalue weighted by atomic mass is 10.1. The highest BCUT2D eigenvalue weighted by Crippen LogP contribution is 2.21. The highest BCUT2D eigenvalue weighted by atomic mass is 32.2. The Morgan fingerprint density at radius 2 is 1.96 bits per heavy atom. The van der Waals surface area contributed by atoms with E-state index < -0.39 is 10.0 Å². The van der Waals surface area contributed by atoms with Crippen molar-refractivity contribution < 1.29 is 13.2 Å². The normalized spacial score (nSPS) is 21.4. The van der Waals surface area contributed by atoms with Crippen LogP contribution in [0.25, 0.3) is 0 Å². The van der Waals surface area contributed by atoms with E-state index in [0.717, 1.165) is 43.5 Å². The minimum Gasteiger partial charge on any atom is -0.337 e. The molecule has 136 valence electrons. The molecule has 2 heterocycles. The molecule has 1 atom stereocenters. The third kappa shape index (κ3) is 4.58. The summed E-state index contributed by atoms with van der Waals surface area (Å²) in [7, 11) is -3.26. The molecule has 1 aromatic carbocycles. The van der Waals surface area contributed by atoms with Gasteiger partial charge < -0.3 is 4.90 Å². The first kappa shape index (κ1) is 17.9. The zero-order valence-electron chi connectivity index (χ0n) is 14.6. The maximum atomic E-state index is 12.7. The fourth-order valence-electron chi connectivity index (χ4n) is 3.28. The molecule has 25 heavy (non-hydrogen) atoms. The van der Waals surface area contributed by atoms with Crippen molar-refractivity contribution in [3.8, 4) is 0 Å². The first-order valence-electron chi connectivity index (χ1n) is 8.50. The fraction of sp³-hybridized carbons (Fsp3) is 0.529. The summed E-state index contributed by atoms with van der Waals surface area (Å²) in [4.78, 5) is 14.4. The Morgan fingerprint density at radius 1 is 1.24 bits per heavy atom. The van der Waals surface area contributed by atoms with Gasteiger partial charge in [0.2, 0.25) is 10.0 Å². The van der Waals surface area contributed by atoms with Crippen molar-refractivity contribution in [2.75, 3.05) is 30.9 Å². The van der Waals surface area contributed by atoms with Crippen LogP contribution in [-0.2, 0) is 10.0 Å². The molecule has 0 spiro atoms. The van der Waals surface area contributed by atoms with Crippen molar-refractivity contribution in [3.63, 3.8) is 0 Å². The molecule has 0 radical (unpaired) electrons. The van der Waals surface area contributed by atoms with E-state index in [-0.39, 0.29) is 11.9 Å². The summed E-state index contributed by atoms with van der Waals surface area (Å²) < 4.78 is 25.4. The van der Waals surface area contributed by atoms with Crippen LogP contribution < -0.4 is 9.73 Å². The molecular weight excluding hydrogens is 340 g/mol. The van der Waals surface area contributed by atoms with E-state index in [1.54, 1.807) is 4.90 Å². The van der Waals surface area contributed by atoms with E-state index in [0.29, 0.717) is 18.7 Å². The Kier molecular flexibility index (Phi) is 5.10. The zero-order chi connectivity index (χ0) is 18.0. The van der Waals surface area contributed by atoms with Gasteiger partial charge in [-0.2, -0.15) is 5.10 Å². The summed E-state index contributed by atoms with van der Waals surface area (Å²) in [6, 6.07) is 7.23. The van der Waals surface area contributed by atoms with Gasteiger partial charge in [0.05, 0.1) is 11.9 Å². The maximum absolute atomic E-state index is 12.7. The molecule has 2 aliphatic rings. The SMILES string of the molecule is CC1=NN(c2ccc(C(=O)N3CCCC(NS(C)(=O)=O)C3)cc2)CC1. The zero-order valence-corrected chi connectivity index (χ0v) is 15.4. The van der Waals surface area contributed by atoms with E-state index in [4.69, 9.17) is 0 Å². The van der Waals surface area contributed by atoms with Crippen LogP contribution in [0.2, 0.25) is 0 Å². The fourth-order valence-corrected chi connectivity index (χ4v) is 4.08. The van der Waals surface area contributed by atoms with E-state index in [2.05, 4.69) is 9.82 Å². The van der Waals surface area contributed by atoms with Crippen molar-refractivity contribution in [3.05, 3.63) is 29.8 Å². The minimum absolute atomic E-state index is 0.0624. The molecule has 0 aromatic heterocycles.